The van der Waals surface area contributed by atoms with Crippen molar-refractivity contribution in [2.75, 3.05) is 0 Å². The summed E-state index contributed by atoms with van der Waals surface area (Å²) in [6.45, 7) is 0. The Morgan fingerprint density at radius 1 is 1.29 bits per heavy atom. The van der Waals surface area contributed by atoms with Crippen LogP contribution in [0.1, 0.15) is 28.0 Å². The van der Waals surface area contributed by atoms with Gasteiger partial charge in [-0.1, -0.05) is 0 Å². The highest BCUT2D eigenvalue weighted by atomic mass is 16.2. The van der Waals surface area contributed by atoms with Gasteiger partial charge in [-0.05, 0) is 30.9 Å². The van der Waals surface area contributed by atoms with Crippen LogP contribution in [-0.2, 0) is 12.8 Å². The first-order valence-corrected chi connectivity index (χ1v) is 6.69. The summed E-state index contributed by atoms with van der Waals surface area (Å²) in [5.41, 5.74) is 1.68. The van der Waals surface area contributed by atoms with Crippen molar-refractivity contribution in [1.82, 2.24) is 20.5 Å². The highest BCUT2D eigenvalue weighted by Gasteiger charge is 2.22. The molecule has 0 fully saturated rings. The van der Waals surface area contributed by atoms with Crippen LogP contribution in [0.15, 0.2) is 34.0 Å². The van der Waals surface area contributed by atoms with Crippen LogP contribution in [0.3, 0.4) is 0 Å². The van der Waals surface area contributed by atoms with Crippen molar-refractivity contribution in [1.29, 1.82) is 0 Å². The molecule has 0 saturated carbocycles. The standard InChI is InChI=1S/C14H14N4O3/c19-12-4-1-8(7-15-12)14(21)16-10-2-3-11-9(5-10)6-13(20)18-17-11/h1,4,6-7,10H,2-3,5H2,(H,15,19)(H,16,21)(H,18,20)/t10-/m0/s1. The minimum Gasteiger partial charge on any atom is -0.349 e. The third kappa shape index (κ3) is 2.91. The molecule has 0 saturated heterocycles. The van der Waals surface area contributed by atoms with E-state index in [1.807, 2.05) is 0 Å². The number of amides is 1. The molecule has 0 radical (unpaired) electrons. The highest BCUT2D eigenvalue weighted by Crippen LogP contribution is 2.17. The smallest absolute Gasteiger partial charge is 0.264 e. The lowest BCUT2D eigenvalue weighted by Gasteiger charge is -2.24. The van der Waals surface area contributed by atoms with Crippen molar-refractivity contribution in [3.8, 4) is 0 Å². The van der Waals surface area contributed by atoms with Crippen LogP contribution in [0.5, 0.6) is 0 Å². The summed E-state index contributed by atoms with van der Waals surface area (Å²) < 4.78 is 0. The molecule has 21 heavy (non-hydrogen) atoms. The summed E-state index contributed by atoms with van der Waals surface area (Å²) in [5, 5.41) is 9.34. The first-order chi connectivity index (χ1) is 10.1. The van der Waals surface area contributed by atoms with Gasteiger partial charge in [0.05, 0.1) is 11.3 Å². The molecule has 0 aromatic carbocycles. The van der Waals surface area contributed by atoms with Crippen molar-refractivity contribution in [2.45, 2.75) is 25.3 Å². The van der Waals surface area contributed by atoms with Crippen LogP contribution in [0.25, 0.3) is 0 Å². The molecule has 7 nitrogen and oxygen atoms in total. The SMILES string of the molecule is O=C(N[C@H]1CCc2n[nH]c(=O)cc2C1)c1ccc(=O)[nH]c1. The van der Waals surface area contributed by atoms with Crippen molar-refractivity contribution in [3.63, 3.8) is 0 Å². The van der Waals surface area contributed by atoms with E-state index >= 15 is 0 Å². The van der Waals surface area contributed by atoms with E-state index in [1.165, 1.54) is 24.4 Å². The zero-order valence-corrected chi connectivity index (χ0v) is 11.2. The van der Waals surface area contributed by atoms with E-state index in [1.54, 1.807) is 0 Å². The average molecular weight is 286 g/mol. The van der Waals surface area contributed by atoms with E-state index in [2.05, 4.69) is 20.5 Å². The molecule has 2 heterocycles. The van der Waals surface area contributed by atoms with Crippen LogP contribution in [0, 0.1) is 0 Å². The molecule has 3 rings (SSSR count). The maximum atomic E-state index is 12.1. The van der Waals surface area contributed by atoms with E-state index in [0.29, 0.717) is 18.4 Å². The summed E-state index contributed by atoms with van der Waals surface area (Å²) in [6, 6.07) is 4.28. The Morgan fingerprint density at radius 2 is 2.14 bits per heavy atom. The van der Waals surface area contributed by atoms with Gasteiger partial charge < -0.3 is 10.3 Å². The largest absolute Gasteiger partial charge is 0.349 e. The van der Waals surface area contributed by atoms with Crippen LogP contribution in [0.2, 0.25) is 0 Å². The monoisotopic (exact) mass is 286 g/mol. The number of H-pyrrole nitrogens is 2. The van der Waals surface area contributed by atoms with Crippen LogP contribution in [0.4, 0.5) is 0 Å². The fourth-order valence-electron chi connectivity index (χ4n) is 2.48. The van der Waals surface area contributed by atoms with E-state index < -0.39 is 0 Å². The molecule has 7 heteroatoms. The Balaban J connectivity index is 1.72. The van der Waals surface area contributed by atoms with Crippen molar-refractivity contribution >= 4 is 5.91 Å². The lowest BCUT2D eigenvalue weighted by atomic mass is 9.92. The molecule has 1 aliphatic carbocycles. The molecule has 0 aliphatic heterocycles. The van der Waals surface area contributed by atoms with Gasteiger partial charge in [-0.15, -0.1) is 0 Å². The predicted molar refractivity (Wildman–Crippen MR) is 75.2 cm³/mol. The van der Waals surface area contributed by atoms with Crippen LogP contribution >= 0.6 is 0 Å². The van der Waals surface area contributed by atoms with E-state index in [-0.39, 0.29) is 23.1 Å². The minimum atomic E-state index is -0.247. The van der Waals surface area contributed by atoms with Gasteiger partial charge in [-0.25, -0.2) is 5.10 Å². The molecular formula is C14H14N4O3. The Kier molecular flexibility index (Phi) is 3.39. The Hall–Kier alpha value is -2.70. The highest BCUT2D eigenvalue weighted by molar-refractivity contribution is 5.94. The Bertz CT molecular complexity index is 773. The van der Waals surface area contributed by atoms with Gasteiger partial charge in [0.1, 0.15) is 0 Å². The number of rotatable bonds is 2. The first-order valence-electron chi connectivity index (χ1n) is 6.69. The van der Waals surface area contributed by atoms with Gasteiger partial charge in [-0.3, -0.25) is 14.4 Å². The van der Waals surface area contributed by atoms with Crippen molar-refractivity contribution < 1.29 is 4.79 Å². The maximum Gasteiger partial charge on any atom is 0.264 e. The number of carbonyl (C=O) groups is 1. The molecule has 3 N–H and O–H groups in total. The lowest BCUT2D eigenvalue weighted by molar-refractivity contribution is 0.0933. The number of nitrogens with one attached hydrogen (secondary N) is 3. The summed E-state index contributed by atoms with van der Waals surface area (Å²) >= 11 is 0. The molecule has 2 aromatic rings. The molecule has 1 aliphatic rings. The van der Waals surface area contributed by atoms with Gasteiger partial charge in [0.15, 0.2) is 0 Å². The normalized spacial score (nSPS) is 17.0. The number of nitrogens with zero attached hydrogens (tertiary/aromatic N) is 1. The number of hydrogen-bond donors (Lipinski definition) is 3. The van der Waals surface area contributed by atoms with Crippen LogP contribution in [-0.4, -0.2) is 27.1 Å². The molecule has 2 aromatic heterocycles. The van der Waals surface area contributed by atoms with Gasteiger partial charge in [0.2, 0.25) is 5.56 Å². The molecule has 0 spiro atoms. The van der Waals surface area contributed by atoms with Gasteiger partial charge in [0.25, 0.3) is 11.5 Å². The molecular weight excluding hydrogens is 272 g/mol. The number of aryl methyl sites for hydroxylation is 1. The van der Waals surface area contributed by atoms with Crippen molar-refractivity contribution in [3.05, 3.63) is 61.9 Å². The number of hydrogen-bond acceptors (Lipinski definition) is 4. The van der Waals surface area contributed by atoms with Gasteiger partial charge in [-0.2, -0.15) is 5.10 Å². The van der Waals surface area contributed by atoms with Gasteiger partial charge in [0, 0.05) is 24.4 Å². The number of fused-ring (bicyclic) bond motifs is 1. The number of aromatic nitrogens is 3. The molecule has 0 unspecified atom stereocenters. The summed E-state index contributed by atoms with van der Waals surface area (Å²) in [4.78, 5) is 36.8. The molecule has 108 valence electrons. The fraction of sp³-hybridized carbons (Fsp3) is 0.286. The predicted octanol–water partition coefficient (Wildman–Crippen LogP) is -0.255. The minimum absolute atomic E-state index is 0.0412. The zero-order valence-electron chi connectivity index (χ0n) is 11.2. The lowest BCUT2D eigenvalue weighted by Crippen LogP contribution is -2.39. The molecule has 1 atom stereocenters. The van der Waals surface area contributed by atoms with E-state index in [0.717, 1.165) is 17.7 Å². The Morgan fingerprint density at radius 3 is 2.90 bits per heavy atom. The third-order valence-corrected chi connectivity index (χ3v) is 3.55. The van der Waals surface area contributed by atoms with Crippen molar-refractivity contribution in [2.24, 2.45) is 0 Å². The first kappa shape index (κ1) is 13.3. The Labute approximate surface area is 119 Å². The summed E-state index contributed by atoms with van der Waals surface area (Å²) in [6.07, 6.45) is 3.45. The number of pyridine rings is 1. The van der Waals surface area contributed by atoms with E-state index in [4.69, 9.17) is 0 Å². The topological polar surface area (TPSA) is 108 Å². The maximum absolute atomic E-state index is 12.1. The summed E-state index contributed by atoms with van der Waals surface area (Å²) in [7, 11) is 0. The number of aromatic amines is 2. The second-order valence-electron chi connectivity index (χ2n) is 5.06. The third-order valence-electron chi connectivity index (χ3n) is 3.55. The van der Waals surface area contributed by atoms with E-state index in [9.17, 15) is 14.4 Å². The van der Waals surface area contributed by atoms with Crippen LogP contribution < -0.4 is 16.4 Å². The zero-order chi connectivity index (χ0) is 14.8. The quantitative estimate of drug-likeness (QED) is 0.707. The second kappa shape index (κ2) is 5.35. The van der Waals surface area contributed by atoms with Gasteiger partial charge >= 0.3 is 0 Å². The summed E-state index contributed by atoms with van der Waals surface area (Å²) in [5.74, 6) is -0.238. The number of carbonyl (C=O) groups excluding carboxylic acids is 1. The molecule has 0 bridgehead atoms. The fourth-order valence-corrected chi connectivity index (χ4v) is 2.48. The molecule has 1 amide bonds. The average Bonchev–Trinajstić information content (AvgIpc) is 2.47. The second-order valence-corrected chi connectivity index (χ2v) is 5.06.